The maximum atomic E-state index is 12.9. The summed E-state index contributed by atoms with van der Waals surface area (Å²) in [6, 6.07) is 11.8. The van der Waals surface area contributed by atoms with E-state index in [1.165, 1.54) is 12.3 Å². The van der Waals surface area contributed by atoms with E-state index in [9.17, 15) is 4.39 Å². The van der Waals surface area contributed by atoms with Crippen LogP contribution in [0.2, 0.25) is 0 Å². The van der Waals surface area contributed by atoms with Gasteiger partial charge in [-0.2, -0.15) is 4.57 Å². The van der Waals surface area contributed by atoms with Gasteiger partial charge in [-0.1, -0.05) is 0 Å². The Morgan fingerprint density at radius 3 is 2.93 bits per heavy atom. The molecule has 0 amide bonds. The van der Waals surface area contributed by atoms with Gasteiger partial charge in [0.05, 0.1) is 0 Å². The van der Waals surface area contributed by atoms with E-state index in [0.717, 1.165) is 11.3 Å². The lowest BCUT2D eigenvalue weighted by atomic mass is 10.2. The molecule has 1 nitrogen and oxygen atoms in total. The maximum Gasteiger partial charge on any atom is 0.211 e. The topological polar surface area (TPSA) is 3.88 Å². The highest BCUT2D eigenvalue weighted by atomic mass is 19.1. The zero-order chi connectivity index (χ0) is 9.97. The molecule has 0 atom stereocenters. The van der Waals surface area contributed by atoms with Crippen LogP contribution in [0.1, 0.15) is 5.56 Å². The van der Waals surface area contributed by atoms with Gasteiger partial charge in [0.15, 0.2) is 12.0 Å². The zero-order valence-electron chi connectivity index (χ0n) is 7.87. The van der Waals surface area contributed by atoms with E-state index >= 15 is 0 Å². The number of hydrogen-bond donors (Lipinski definition) is 0. The molecule has 1 aromatic heterocycles. The molecule has 1 aromatic carbocycles. The Morgan fingerprint density at radius 1 is 1.36 bits per heavy atom. The van der Waals surface area contributed by atoms with Crippen molar-refractivity contribution in [3.05, 3.63) is 60.2 Å². The summed E-state index contributed by atoms with van der Waals surface area (Å²) in [6.07, 6.45) is 3.27. The summed E-state index contributed by atoms with van der Waals surface area (Å²) in [6.45, 7) is 1.96. The molecule has 1 radical (unpaired) electrons. The van der Waals surface area contributed by atoms with E-state index in [2.05, 4.69) is 6.07 Å². The van der Waals surface area contributed by atoms with Crippen molar-refractivity contribution >= 4 is 0 Å². The van der Waals surface area contributed by atoms with Crippen molar-refractivity contribution in [2.24, 2.45) is 0 Å². The molecule has 2 heteroatoms. The van der Waals surface area contributed by atoms with Crippen LogP contribution in [0, 0.1) is 18.8 Å². The molecule has 14 heavy (non-hydrogen) atoms. The van der Waals surface area contributed by atoms with Crippen molar-refractivity contribution in [3.8, 4) is 5.69 Å². The van der Waals surface area contributed by atoms with Crippen LogP contribution in [-0.2, 0) is 0 Å². The molecule has 0 aliphatic heterocycles. The number of benzene rings is 1. The van der Waals surface area contributed by atoms with Crippen molar-refractivity contribution in [1.29, 1.82) is 0 Å². The Bertz CT molecular complexity index is 408. The van der Waals surface area contributed by atoms with Crippen LogP contribution in [-0.4, -0.2) is 0 Å². The second-order valence-corrected chi connectivity index (χ2v) is 3.16. The lowest BCUT2D eigenvalue weighted by Crippen LogP contribution is -2.29. The van der Waals surface area contributed by atoms with Gasteiger partial charge in [0.1, 0.15) is 0 Å². The molecule has 0 bridgehead atoms. The summed E-state index contributed by atoms with van der Waals surface area (Å²) >= 11 is 0. The monoisotopic (exact) mass is 187 g/mol. The quantitative estimate of drug-likeness (QED) is 0.603. The normalized spacial score (nSPS) is 10.1. The van der Waals surface area contributed by atoms with E-state index in [-0.39, 0.29) is 5.82 Å². The van der Waals surface area contributed by atoms with E-state index in [1.807, 2.05) is 31.3 Å². The number of aryl methyl sites for hydroxylation is 1. The summed E-state index contributed by atoms with van der Waals surface area (Å²) in [7, 11) is 0. The highest BCUT2D eigenvalue weighted by Gasteiger charge is 2.05. The molecular formula is C12H10FN+. The Kier molecular flexibility index (Phi) is 2.27. The second kappa shape index (κ2) is 3.58. The van der Waals surface area contributed by atoms with Crippen LogP contribution in [0.4, 0.5) is 4.39 Å². The molecule has 2 aromatic rings. The number of nitrogens with zero attached hydrogens (tertiary/aromatic N) is 1. The fourth-order valence-corrected chi connectivity index (χ4v) is 1.34. The van der Waals surface area contributed by atoms with Crippen LogP contribution in [0.3, 0.4) is 0 Å². The third-order valence-corrected chi connectivity index (χ3v) is 1.99. The van der Waals surface area contributed by atoms with Gasteiger partial charge in [0.25, 0.3) is 0 Å². The predicted molar refractivity (Wildman–Crippen MR) is 51.5 cm³/mol. The smallest absolute Gasteiger partial charge is 0.200 e. The summed E-state index contributed by atoms with van der Waals surface area (Å²) in [5.41, 5.74) is 1.99. The van der Waals surface area contributed by atoms with Crippen molar-refractivity contribution in [1.82, 2.24) is 0 Å². The SMILES string of the molecule is Cc1[c]ccc(-[n+]2cccc(F)c2)c1. The van der Waals surface area contributed by atoms with Gasteiger partial charge in [0.2, 0.25) is 11.9 Å². The van der Waals surface area contributed by atoms with E-state index < -0.39 is 0 Å². The molecule has 0 saturated carbocycles. The number of pyridine rings is 1. The van der Waals surface area contributed by atoms with Gasteiger partial charge >= 0.3 is 0 Å². The van der Waals surface area contributed by atoms with Crippen LogP contribution in [0.5, 0.6) is 0 Å². The van der Waals surface area contributed by atoms with Crippen LogP contribution >= 0.6 is 0 Å². The maximum absolute atomic E-state index is 12.9. The first-order chi connectivity index (χ1) is 6.75. The summed E-state index contributed by atoms with van der Waals surface area (Å²) in [5, 5.41) is 0. The van der Waals surface area contributed by atoms with Gasteiger partial charge in [0, 0.05) is 18.2 Å². The molecule has 0 fully saturated rings. The fraction of sp³-hybridized carbons (Fsp3) is 0.0833. The molecular weight excluding hydrogens is 177 g/mol. The minimum atomic E-state index is -0.238. The molecule has 1 heterocycles. The molecule has 0 N–H and O–H groups in total. The van der Waals surface area contributed by atoms with E-state index in [4.69, 9.17) is 0 Å². The highest BCUT2D eigenvalue weighted by molar-refractivity contribution is 5.26. The Balaban J connectivity index is 2.49. The second-order valence-electron chi connectivity index (χ2n) is 3.16. The van der Waals surface area contributed by atoms with E-state index in [1.54, 1.807) is 10.6 Å². The van der Waals surface area contributed by atoms with Gasteiger partial charge in [-0.25, -0.2) is 4.39 Å². The largest absolute Gasteiger partial charge is 0.211 e. The van der Waals surface area contributed by atoms with Gasteiger partial charge in [-0.3, -0.25) is 0 Å². The summed E-state index contributed by atoms with van der Waals surface area (Å²) in [4.78, 5) is 0. The molecule has 0 spiro atoms. The lowest BCUT2D eigenvalue weighted by molar-refractivity contribution is -0.597. The fourth-order valence-electron chi connectivity index (χ4n) is 1.34. The Hall–Kier alpha value is -1.70. The van der Waals surface area contributed by atoms with Crippen LogP contribution < -0.4 is 4.57 Å². The first-order valence-corrected chi connectivity index (χ1v) is 4.41. The van der Waals surface area contributed by atoms with Crippen LogP contribution in [0.25, 0.3) is 5.69 Å². The Morgan fingerprint density at radius 2 is 2.21 bits per heavy atom. The summed E-state index contributed by atoms with van der Waals surface area (Å²) in [5.74, 6) is -0.238. The molecule has 0 unspecified atom stereocenters. The van der Waals surface area contributed by atoms with Crippen molar-refractivity contribution in [2.75, 3.05) is 0 Å². The molecule has 0 saturated heterocycles. The van der Waals surface area contributed by atoms with Crippen molar-refractivity contribution < 1.29 is 8.96 Å². The number of hydrogen-bond acceptors (Lipinski definition) is 0. The number of aromatic nitrogens is 1. The van der Waals surface area contributed by atoms with Crippen molar-refractivity contribution in [2.45, 2.75) is 6.92 Å². The molecule has 2 rings (SSSR count). The summed E-state index contributed by atoms with van der Waals surface area (Å²) < 4.78 is 14.7. The predicted octanol–water partition coefficient (Wildman–Crippen LogP) is 2.21. The van der Waals surface area contributed by atoms with Gasteiger partial charge in [-0.15, -0.1) is 0 Å². The van der Waals surface area contributed by atoms with Gasteiger partial charge in [-0.05, 0) is 30.7 Å². The third-order valence-electron chi connectivity index (χ3n) is 1.99. The first kappa shape index (κ1) is 8.88. The third kappa shape index (κ3) is 1.79. The average molecular weight is 187 g/mol. The minimum absolute atomic E-state index is 0.238. The van der Waals surface area contributed by atoms with Crippen molar-refractivity contribution in [3.63, 3.8) is 0 Å². The van der Waals surface area contributed by atoms with E-state index in [0.29, 0.717) is 0 Å². The minimum Gasteiger partial charge on any atom is -0.200 e. The average Bonchev–Trinajstić information content (AvgIpc) is 2.18. The highest BCUT2D eigenvalue weighted by Crippen LogP contribution is 2.02. The molecule has 0 aliphatic rings. The molecule has 0 aliphatic carbocycles. The number of halogens is 1. The molecule has 69 valence electrons. The lowest BCUT2D eigenvalue weighted by Gasteiger charge is -1.96. The Labute approximate surface area is 82.4 Å². The zero-order valence-corrected chi connectivity index (χ0v) is 7.87. The number of rotatable bonds is 1. The first-order valence-electron chi connectivity index (χ1n) is 4.41. The standard InChI is InChI=1S/C12H10FN/c1-10-4-2-6-12(8-10)14-7-3-5-11(13)9-14/h2-3,5-9H,1H3/q+1. The van der Waals surface area contributed by atoms with Crippen LogP contribution in [0.15, 0.2) is 42.7 Å². The van der Waals surface area contributed by atoms with Gasteiger partial charge < -0.3 is 0 Å².